The number of nitrogens with one attached hydrogen (secondary N) is 1. The van der Waals surface area contributed by atoms with Crippen LogP contribution in [0.15, 0.2) is 24.5 Å². The molecule has 3 heterocycles. The maximum Gasteiger partial charge on any atom is 0.155 e. The van der Waals surface area contributed by atoms with Gasteiger partial charge >= 0.3 is 0 Å². The summed E-state index contributed by atoms with van der Waals surface area (Å²) in [6.07, 6.45) is 4.01. The normalized spacial score (nSPS) is 18.4. The Morgan fingerprint density at radius 1 is 1.27 bits per heavy atom. The quantitative estimate of drug-likeness (QED) is 0.755. The molecule has 1 aliphatic rings. The molecule has 2 aromatic heterocycles. The van der Waals surface area contributed by atoms with E-state index in [0.717, 1.165) is 18.7 Å². The van der Waals surface area contributed by atoms with Gasteiger partial charge in [-0.2, -0.15) is 5.10 Å². The Labute approximate surface area is 88.3 Å². The second-order valence-corrected chi connectivity index (χ2v) is 4.00. The van der Waals surface area contributed by atoms with Crippen molar-refractivity contribution in [2.45, 2.75) is 18.8 Å². The Hall–Kier alpha value is -1.42. The van der Waals surface area contributed by atoms with E-state index in [-0.39, 0.29) is 0 Å². The molecule has 1 N–H and O–H groups in total. The second kappa shape index (κ2) is 3.62. The zero-order valence-electron chi connectivity index (χ0n) is 8.56. The summed E-state index contributed by atoms with van der Waals surface area (Å²) in [5.41, 5.74) is 2.25. The van der Waals surface area contributed by atoms with E-state index in [4.69, 9.17) is 0 Å². The minimum Gasteiger partial charge on any atom is -0.317 e. The van der Waals surface area contributed by atoms with Crippen molar-refractivity contribution in [2.75, 3.05) is 13.1 Å². The molecule has 15 heavy (non-hydrogen) atoms. The lowest BCUT2D eigenvalue weighted by Crippen LogP contribution is -2.27. The summed E-state index contributed by atoms with van der Waals surface area (Å²) in [7, 11) is 0. The van der Waals surface area contributed by atoms with Gasteiger partial charge in [-0.3, -0.25) is 0 Å². The molecule has 4 heteroatoms. The van der Waals surface area contributed by atoms with E-state index in [2.05, 4.69) is 27.5 Å². The molecule has 0 aromatic carbocycles. The molecule has 1 aliphatic heterocycles. The first-order valence-corrected chi connectivity index (χ1v) is 5.44. The van der Waals surface area contributed by atoms with Crippen molar-refractivity contribution in [1.82, 2.24) is 19.9 Å². The van der Waals surface area contributed by atoms with Gasteiger partial charge in [0.15, 0.2) is 5.65 Å². The monoisotopic (exact) mass is 202 g/mol. The molecule has 4 nitrogen and oxygen atoms in total. The van der Waals surface area contributed by atoms with E-state index in [1.54, 1.807) is 6.33 Å². The predicted octanol–water partition coefficient (Wildman–Crippen LogP) is 1.20. The molecule has 0 aliphatic carbocycles. The van der Waals surface area contributed by atoms with Crippen LogP contribution in [0.5, 0.6) is 0 Å². The van der Waals surface area contributed by atoms with Crippen LogP contribution in [0.3, 0.4) is 0 Å². The molecule has 78 valence electrons. The van der Waals surface area contributed by atoms with E-state index in [1.807, 2.05) is 10.6 Å². The van der Waals surface area contributed by atoms with Gasteiger partial charge in [-0.25, -0.2) is 9.50 Å². The molecule has 0 amide bonds. The zero-order valence-corrected chi connectivity index (χ0v) is 8.56. The van der Waals surface area contributed by atoms with Crippen LogP contribution in [0.25, 0.3) is 5.65 Å². The van der Waals surface area contributed by atoms with Crippen molar-refractivity contribution in [2.24, 2.45) is 0 Å². The largest absolute Gasteiger partial charge is 0.317 e. The van der Waals surface area contributed by atoms with E-state index >= 15 is 0 Å². The summed E-state index contributed by atoms with van der Waals surface area (Å²) in [6.45, 7) is 2.21. The highest BCUT2D eigenvalue weighted by molar-refractivity contribution is 5.38. The topological polar surface area (TPSA) is 42.2 Å². The Morgan fingerprint density at radius 2 is 2.13 bits per heavy atom. The lowest BCUT2D eigenvalue weighted by atomic mass is 9.94. The number of piperidine rings is 1. The fraction of sp³-hybridized carbons (Fsp3) is 0.455. The van der Waals surface area contributed by atoms with Crippen molar-refractivity contribution in [3.05, 3.63) is 30.2 Å². The molecule has 1 saturated heterocycles. The molecule has 0 spiro atoms. The third-order valence-electron chi connectivity index (χ3n) is 3.09. The van der Waals surface area contributed by atoms with Crippen LogP contribution in [-0.2, 0) is 0 Å². The number of hydrogen-bond donors (Lipinski definition) is 1. The molecule has 0 unspecified atom stereocenters. The summed E-state index contributed by atoms with van der Waals surface area (Å²) in [5, 5.41) is 7.66. The highest BCUT2D eigenvalue weighted by atomic mass is 15.3. The third kappa shape index (κ3) is 1.51. The van der Waals surface area contributed by atoms with Crippen molar-refractivity contribution in [3.63, 3.8) is 0 Å². The number of fused-ring (bicyclic) bond motifs is 1. The average Bonchev–Trinajstić information content (AvgIpc) is 2.78. The van der Waals surface area contributed by atoms with Crippen LogP contribution in [0, 0.1) is 0 Å². The first-order valence-electron chi connectivity index (χ1n) is 5.44. The minimum absolute atomic E-state index is 0.622. The summed E-state index contributed by atoms with van der Waals surface area (Å²) in [4.78, 5) is 4.21. The minimum atomic E-state index is 0.622. The predicted molar refractivity (Wildman–Crippen MR) is 57.8 cm³/mol. The first-order chi connectivity index (χ1) is 7.45. The summed E-state index contributed by atoms with van der Waals surface area (Å²) in [6, 6.07) is 6.23. The lowest BCUT2D eigenvalue weighted by Gasteiger charge is -2.23. The molecule has 3 rings (SSSR count). The van der Waals surface area contributed by atoms with Crippen molar-refractivity contribution in [3.8, 4) is 0 Å². The molecular weight excluding hydrogens is 188 g/mol. The van der Waals surface area contributed by atoms with Gasteiger partial charge < -0.3 is 5.32 Å². The molecule has 0 radical (unpaired) electrons. The molecule has 2 aromatic rings. The smallest absolute Gasteiger partial charge is 0.155 e. The molecule has 0 saturated carbocycles. The zero-order chi connectivity index (χ0) is 10.1. The molecular formula is C11H14N4. The fourth-order valence-corrected chi connectivity index (χ4v) is 2.29. The number of aromatic nitrogens is 3. The average molecular weight is 202 g/mol. The van der Waals surface area contributed by atoms with E-state index in [1.165, 1.54) is 18.5 Å². The van der Waals surface area contributed by atoms with Crippen molar-refractivity contribution >= 4 is 5.65 Å². The highest BCUT2D eigenvalue weighted by Crippen LogP contribution is 2.24. The second-order valence-electron chi connectivity index (χ2n) is 4.00. The van der Waals surface area contributed by atoms with Crippen LogP contribution < -0.4 is 5.32 Å². The van der Waals surface area contributed by atoms with Gasteiger partial charge in [0.2, 0.25) is 0 Å². The van der Waals surface area contributed by atoms with Crippen LogP contribution in [0.2, 0.25) is 0 Å². The van der Waals surface area contributed by atoms with Crippen LogP contribution in [0.1, 0.15) is 24.5 Å². The Kier molecular flexibility index (Phi) is 2.14. The van der Waals surface area contributed by atoms with Gasteiger partial charge in [0, 0.05) is 11.6 Å². The van der Waals surface area contributed by atoms with Gasteiger partial charge in [0.25, 0.3) is 0 Å². The van der Waals surface area contributed by atoms with Crippen molar-refractivity contribution < 1.29 is 0 Å². The van der Waals surface area contributed by atoms with Crippen LogP contribution in [0.4, 0.5) is 0 Å². The Balaban J connectivity index is 2.05. The fourth-order valence-electron chi connectivity index (χ4n) is 2.29. The maximum atomic E-state index is 4.28. The van der Waals surface area contributed by atoms with Gasteiger partial charge in [0.1, 0.15) is 6.33 Å². The number of pyridine rings is 1. The number of nitrogens with zero attached hydrogens (tertiary/aromatic N) is 3. The SMILES string of the molecule is c1cc(C2CCNCC2)n2ncnc2c1. The lowest BCUT2D eigenvalue weighted by molar-refractivity contribution is 0.447. The number of rotatable bonds is 1. The maximum absolute atomic E-state index is 4.28. The van der Waals surface area contributed by atoms with E-state index in [0.29, 0.717) is 5.92 Å². The Bertz CT molecular complexity index is 456. The summed E-state index contributed by atoms with van der Waals surface area (Å²) < 4.78 is 1.97. The van der Waals surface area contributed by atoms with Gasteiger partial charge in [0.05, 0.1) is 0 Å². The van der Waals surface area contributed by atoms with Gasteiger partial charge in [-0.15, -0.1) is 0 Å². The molecule has 0 bridgehead atoms. The third-order valence-corrected chi connectivity index (χ3v) is 3.09. The first kappa shape index (κ1) is 8.85. The standard InChI is InChI=1S/C11H14N4/c1-2-10(9-4-6-12-7-5-9)15-11(3-1)13-8-14-15/h1-3,8-9,12H,4-7H2. The van der Waals surface area contributed by atoms with Crippen LogP contribution >= 0.6 is 0 Å². The van der Waals surface area contributed by atoms with E-state index in [9.17, 15) is 0 Å². The Morgan fingerprint density at radius 3 is 3.00 bits per heavy atom. The molecule has 0 atom stereocenters. The van der Waals surface area contributed by atoms with E-state index < -0.39 is 0 Å². The molecule has 1 fully saturated rings. The number of hydrogen-bond acceptors (Lipinski definition) is 3. The highest BCUT2D eigenvalue weighted by Gasteiger charge is 2.17. The van der Waals surface area contributed by atoms with Crippen molar-refractivity contribution in [1.29, 1.82) is 0 Å². The summed E-state index contributed by atoms with van der Waals surface area (Å²) in [5.74, 6) is 0.622. The van der Waals surface area contributed by atoms with Gasteiger partial charge in [-0.1, -0.05) is 6.07 Å². The van der Waals surface area contributed by atoms with Crippen LogP contribution in [-0.4, -0.2) is 27.7 Å². The van der Waals surface area contributed by atoms with Gasteiger partial charge in [-0.05, 0) is 38.1 Å². The summed E-state index contributed by atoms with van der Waals surface area (Å²) >= 11 is 0.